The Labute approximate surface area is 281 Å². The first kappa shape index (κ1) is 40.5. The SMILES string of the molecule is CC(=O)CCC(C)=O.Cc1ccccc1.O=S(=O)=O.[C-]#[N+]c1cc(Br)cnc1-n1c(C)ccc1C.[C-]#[N+]c1cc(Br)cnc1N. The van der Waals surface area contributed by atoms with Crippen LogP contribution in [0.15, 0.2) is 75.9 Å². The molecule has 0 spiro atoms. The van der Waals surface area contributed by atoms with Gasteiger partial charge in [-0.1, -0.05) is 67.8 Å². The van der Waals surface area contributed by atoms with Crippen LogP contribution in [-0.2, 0) is 20.2 Å². The van der Waals surface area contributed by atoms with E-state index >= 15 is 0 Å². The third-order valence-corrected chi connectivity index (χ3v) is 6.04. The van der Waals surface area contributed by atoms with Crippen LogP contribution in [0.2, 0.25) is 0 Å². The summed E-state index contributed by atoms with van der Waals surface area (Å²) in [7, 11) is -3.11. The van der Waals surface area contributed by atoms with Gasteiger partial charge in [0.25, 0.3) is 0 Å². The number of aryl methyl sites for hydroxylation is 3. The van der Waals surface area contributed by atoms with Crippen molar-refractivity contribution in [1.29, 1.82) is 0 Å². The molecule has 2 N–H and O–H groups in total. The van der Waals surface area contributed by atoms with Crippen molar-refractivity contribution >= 4 is 71.2 Å². The van der Waals surface area contributed by atoms with E-state index in [1.54, 1.807) is 24.5 Å². The van der Waals surface area contributed by atoms with Crippen LogP contribution in [0.3, 0.4) is 0 Å². The van der Waals surface area contributed by atoms with Gasteiger partial charge in [-0.3, -0.25) is 4.98 Å². The number of hydrogen-bond acceptors (Lipinski definition) is 8. The second-order valence-electron chi connectivity index (χ2n) is 8.99. The van der Waals surface area contributed by atoms with Crippen molar-refractivity contribution in [3.8, 4) is 5.82 Å². The third kappa shape index (κ3) is 18.0. The van der Waals surface area contributed by atoms with Crippen molar-refractivity contribution in [2.45, 2.75) is 47.5 Å². The van der Waals surface area contributed by atoms with Crippen LogP contribution in [0.5, 0.6) is 0 Å². The highest BCUT2D eigenvalue weighted by Gasteiger charge is 2.10. The van der Waals surface area contributed by atoms with E-state index in [2.05, 4.69) is 70.6 Å². The summed E-state index contributed by atoms with van der Waals surface area (Å²) in [4.78, 5) is 35.1. The van der Waals surface area contributed by atoms with Gasteiger partial charge in [-0.2, -0.15) is 0 Å². The second-order valence-corrected chi connectivity index (χ2v) is 11.2. The predicted octanol–water partition coefficient (Wildman–Crippen LogP) is 7.72. The number of ketones is 2. The molecule has 0 saturated heterocycles. The van der Waals surface area contributed by atoms with Crippen LogP contribution >= 0.6 is 31.9 Å². The fraction of sp³-hybridized carbons (Fsp3) is 0.226. The van der Waals surface area contributed by atoms with E-state index in [0.29, 0.717) is 30.0 Å². The zero-order valence-corrected chi connectivity index (χ0v) is 29.3. The van der Waals surface area contributed by atoms with Crippen LogP contribution in [0.4, 0.5) is 17.2 Å². The number of rotatable bonds is 4. The molecule has 3 aromatic heterocycles. The molecule has 0 bridgehead atoms. The molecule has 14 heteroatoms. The molecule has 3 heterocycles. The van der Waals surface area contributed by atoms with Gasteiger partial charge >= 0.3 is 10.6 Å². The number of halogens is 2. The molecule has 0 aliphatic rings. The Morgan fingerprint density at radius 1 is 0.800 bits per heavy atom. The molecule has 1 aromatic carbocycles. The predicted molar refractivity (Wildman–Crippen MR) is 181 cm³/mol. The van der Waals surface area contributed by atoms with Crippen molar-refractivity contribution < 1.29 is 22.2 Å². The van der Waals surface area contributed by atoms with Crippen molar-refractivity contribution in [1.82, 2.24) is 14.5 Å². The number of carbonyl (C=O) groups excluding carboxylic acids is 2. The number of carbonyl (C=O) groups is 2. The Morgan fingerprint density at radius 2 is 1.22 bits per heavy atom. The molecular formula is C31H32Br2N6O5S. The van der Waals surface area contributed by atoms with E-state index in [9.17, 15) is 9.59 Å². The Bertz CT molecular complexity index is 1730. The molecule has 236 valence electrons. The lowest BCUT2D eigenvalue weighted by Crippen LogP contribution is -2.01. The average molecular weight is 761 g/mol. The number of Topliss-reactive ketones (excluding diaryl/α,β-unsaturated/α-hetero) is 2. The summed E-state index contributed by atoms with van der Waals surface area (Å²) in [5.74, 6) is 1.14. The Morgan fingerprint density at radius 3 is 1.58 bits per heavy atom. The topological polar surface area (TPSA) is 151 Å². The Kier molecular flexibility index (Phi) is 19.9. The molecule has 0 fully saturated rings. The highest BCUT2D eigenvalue weighted by molar-refractivity contribution is 9.10. The van der Waals surface area contributed by atoms with Gasteiger partial charge in [-0.05, 0) is 58.9 Å². The highest BCUT2D eigenvalue weighted by atomic mass is 79.9. The first-order valence-electron chi connectivity index (χ1n) is 12.9. The van der Waals surface area contributed by atoms with Crippen LogP contribution in [-0.4, -0.2) is 38.7 Å². The second kappa shape index (κ2) is 22.1. The number of anilines is 1. The van der Waals surface area contributed by atoms with Gasteiger partial charge < -0.3 is 19.9 Å². The van der Waals surface area contributed by atoms with E-state index in [1.807, 2.05) is 48.7 Å². The summed E-state index contributed by atoms with van der Waals surface area (Å²) in [5, 5.41) is 0. The van der Waals surface area contributed by atoms with E-state index in [0.717, 1.165) is 20.3 Å². The maximum Gasteiger partial charge on any atom is 0.425 e. The van der Waals surface area contributed by atoms with E-state index in [-0.39, 0.29) is 17.4 Å². The van der Waals surface area contributed by atoms with Gasteiger partial charge in [0.15, 0.2) is 0 Å². The van der Waals surface area contributed by atoms with Crippen LogP contribution < -0.4 is 5.73 Å². The van der Waals surface area contributed by atoms with E-state index < -0.39 is 10.6 Å². The normalized spacial score (nSPS) is 9.00. The molecule has 0 amide bonds. The van der Waals surface area contributed by atoms with Gasteiger partial charge in [0, 0.05) is 45.6 Å². The monoisotopic (exact) mass is 758 g/mol. The number of nitrogens with two attached hydrogens (primary N) is 1. The lowest BCUT2D eigenvalue weighted by atomic mass is 10.2. The molecular weight excluding hydrogens is 728 g/mol. The van der Waals surface area contributed by atoms with Gasteiger partial charge in [-0.25, -0.2) is 14.7 Å². The molecule has 0 saturated carbocycles. The fourth-order valence-corrected chi connectivity index (χ4v) is 3.73. The molecule has 4 rings (SSSR count). The molecule has 45 heavy (non-hydrogen) atoms. The Hall–Kier alpha value is -4.50. The quantitative estimate of drug-likeness (QED) is 0.208. The summed E-state index contributed by atoms with van der Waals surface area (Å²) >= 11 is 6.50. The lowest BCUT2D eigenvalue weighted by Gasteiger charge is -2.10. The number of benzene rings is 1. The minimum atomic E-state index is -3.11. The van der Waals surface area contributed by atoms with Crippen LogP contribution in [0.1, 0.15) is 43.6 Å². The van der Waals surface area contributed by atoms with Crippen LogP contribution in [0, 0.1) is 33.9 Å². The first-order valence-corrected chi connectivity index (χ1v) is 15.5. The summed E-state index contributed by atoms with van der Waals surface area (Å²) in [6.45, 7) is 22.9. The van der Waals surface area contributed by atoms with Crippen molar-refractivity contribution in [3.05, 3.63) is 116 Å². The van der Waals surface area contributed by atoms with Gasteiger partial charge in [0.2, 0.25) is 11.4 Å². The number of hydrogen-bond donors (Lipinski definition) is 1. The maximum absolute atomic E-state index is 10.2. The summed E-state index contributed by atoms with van der Waals surface area (Å²) in [5.41, 5.74) is 9.77. The minimum absolute atomic E-state index is 0.0835. The summed E-state index contributed by atoms with van der Waals surface area (Å²) in [6.07, 6.45) is 4.07. The van der Waals surface area contributed by atoms with E-state index in [4.69, 9.17) is 31.5 Å². The van der Waals surface area contributed by atoms with Crippen molar-refractivity contribution in [2.24, 2.45) is 0 Å². The van der Waals surface area contributed by atoms with Gasteiger partial charge in [0.05, 0.1) is 13.1 Å². The molecule has 0 aliphatic carbocycles. The molecule has 11 nitrogen and oxygen atoms in total. The maximum atomic E-state index is 10.2. The molecule has 0 unspecified atom stereocenters. The zero-order chi connectivity index (χ0) is 34.5. The minimum Gasteiger partial charge on any atom is -0.392 e. The van der Waals surface area contributed by atoms with Gasteiger partial charge in [-0.15, -0.1) is 12.6 Å². The molecule has 4 aromatic rings. The number of pyridine rings is 2. The number of nitrogen functional groups attached to an aromatic ring is 1. The third-order valence-electron chi connectivity index (χ3n) is 5.17. The Balaban J connectivity index is 0.000000580. The summed E-state index contributed by atoms with van der Waals surface area (Å²) < 4.78 is 28.9. The van der Waals surface area contributed by atoms with Crippen LogP contribution in [0.25, 0.3) is 15.5 Å². The van der Waals surface area contributed by atoms with E-state index in [1.165, 1.54) is 19.4 Å². The zero-order valence-electron chi connectivity index (χ0n) is 25.3. The largest absolute Gasteiger partial charge is 0.425 e. The van der Waals surface area contributed by atoms with Crippen molar-refractivity contribution in [3.63, 3.8) is 0 Å². The number of aromatic nitrogens is 3. The van der Waals surface area contributed by atoms with Gasteiger partial charge in [0.1, 0.15) is 23.2 Å². The fourth-order valence-electron chi connectivity index (χ4n) is 3.09. The van der Waals surface area contributed by atoms with Crippen molar-refractivity contribution in [2.75, 3.05) is 5.73 Å². The first-order chi connectivity index (χ1) is 21.1. The molecule has 0 aliphatic heterocycles. The standard InChI is InChI=1S/C12H10BrN3.C7H8.C6H4BrN3.C6H10O2.O3S/c1-8-4-5-9(2)16(8)12-11(14-3)6-10(13)7-15-12;1-7-5-3-2-4-6-7;1-9-5-2-4(7)3-10-6(5)8;1-5(7)3-4-6(2)8;1-4(2)3/h4-7H,1-2H3;2-6H,1H3;2-3H,(H2,8,10);3-4H2,1-2H3;. The molecule has 0 atom stereocenters. The lowest BCUT2D eigenvalue weighted by molar-refractivity contribution is -0.122. The smallest absolute Gasteiger partial charge is 0.392 e. The molecule has 0 radical (unpaired) electrons. The number of nitrogens with zero attached hydrogens (tertiary/aromatic N) is 5. The average Bonchev–Trinajstić information content (AvgIpc) is 3.31. The summed E-state index contributed by atoms with van der Waals surface area (Å²) in [6, 6.07) is 17.7. The highest BCUT2D eigenvalue weighted by Crippen LogP contribution is 2.27.